The molecule has 0 saturated carbocycles. The second-order valence-corrected chi connectivity index (χ2v) is 5.12. The van der Waals surface area contributed by atoms with Crippen molar-refractivity contribution in [3.63, 3.8) is 0 Å². The average molecular weight is 255 g/mol. The van der Waals surface area contributed by atoms with E-state index in [2.05, 4.69) is 10.2 Å². The van der Waals surface area contributed by atoms with E-state index in [9.17, 15) is 4.79 Å². The zero-order valence-corrected chi connectivity index (χ0v) is 11.4. The summed E-state index contributed by atoms with van der Waals surface area (Å²) in [5.41, 5.74) is 0. The van der Waals surface area contributed by atoms with Crippen LogP contribution in [0.2, 0.25) is 0 Å². The predicted molar refractivity (Wildman–Crippen MR) is 70.7 cm³/mol. The second kappa shape index (κ2) is 6.95. The number of likely N-dealkylation sites (tertiary alicyclic amines) is 1. The lowest BCUT2D eigenvalue weighted by Gasteiger charge is -2.40. The van der Waals surface area contributed by atoms with Gasteiger partial charge in [-0.3, -0.25) is 0 Å². The summed E-state index contributed by atoms with van der Waals surface area (Å²) < 4.78 is 5.31. The summed E-state index contributed by atoms with van der Waals surface area (Å²) in [6.07, 6.45) is 4.61. The van der Waals surface area contributed by atoms with E-state index in [1.165, 1.54) is 6.42 Å². The number of urea groups is 1. The lowest BCUT2D eigenvalue weighted by molar-refractivity contribution is 0.0350. The molecule has 0 aromatic heterocycles. The zero-order chi connectivity index (χ0) is 12.8. The fourth-order valence-electron chi connectivity index (χ4n) is 2.80. The highest BCUT2D eigenvalue weighted by Crippen LogP contribution is 2.21. The van der Waals surface area contributed by atoms with Crippen LogP contribution in [-0.2, 0) is 4.74 Å². The summed E-state index contributed by atoms with van der Waals surface area (Å²) in [6, 6.07) is 0.639. The molecule has 5 nitrogen and oxygen atoms in total. The molecule has 104 valence electrons. The van der Waals surface area contributed by atoms with Crippen LogP contribution in [0.15, 0.2) is 0 Å². The molecule has 1 atom stereocenters. The molecule has 0 spiro atoms. The van der Waals surface area contributed by atoms with Gasteiger partial charge in [-0.25, -0.2) is 4.79 Å². The van der Waals surface area contributed by atoms with Crippen LogP contribution < -0.4 is 5.32 Å². The highest BCUT2D eigenvalue weighted by atomic mass is 16.5. The van der Waals surface area contributed by atoms with Crippen LogP contribution in [0.5, 0.6) is 0 Å². The maximum atomic E-state index is 12.5. The summed E-state index contributed by atoms with van der Waals surface area (Å²) >= 11 is 0. The summed E-state index contributed by atoms with van der Waals surface area (Å²) in [6.45, 7) is 4.76. The quantitative estimate of drug-likeness (QED) is 0.815. The van der Waals surface area contributed by atoms with E-state index in [1.807, 2.05) is 11.9 Å². The molecule has 2 amide bonds. The van der Waals surface area contributed by atoms with Gasteiger partial charge in [0.05, 0.1) is 13.2 Å². The number of nitrogens with one attached hydrogen (secondary N) is 1. The number of rotatable bonds is 3. The predicted octanol–water partition coefficient (Wildman–Crippen LogP) is 0.903. The fourth-order valence-corrected chi connectivity index (χ4v) is 2.80. The molecule has 18 heavy (non-hydrogen) atoms. The smallest absolute Gasteiger partial charge is 0.320 e. The maximum absolute atomic E-state index is 12.5. The molecule has 0 aliphatic carbocycles. The third-order valence-electron chi connectivity index (χ3n) is 3.88. The summed E-state index contributed by atoms with van der Waals surface area (Å²) in [5, 5.41) is 3.18. The number of morpholine rings is 1. The normalized spacial score (nSPS) is 25.3. The monoisotopic (exact) mass is 255 g/mol. The van der Waals surface area contributed by atoms with Crippen molar-refractivity contribution in [2.45, 2.75) is 31.7 Å². The molecule has 2 rings (SSSR count). The van der Waals surface area contributed by atoms with Crippen molar-refractivity contribution >= 4 is 6.03 Å². The number of hydrogen-bond acceptors (Lipinski definition) is 3. The molecule has 0 aromatic carbocycles. The molecule has 1 unspecified atom stereocenters. The van der Waals surface area contributed by atoms with E-state index in [-0.39, 0.29) is 6.03 Å². The van der Waals surface area contributed by atoms with Crippen molar-refractivity contribution in [1.29, 1.82) is 0 Å². The minimum atomic E-state index is 0.221. The van der Waals surface area contributed by atoms with Crippen molar-refractivity contribution in [2.24, 2.45) is 0 Å². The number of carbonyl (C=O) groups excluding carboxylic acids is 1. The molecule has 0 radical (unpaired) electrons. The first kappa shape index (κ1) is 13.6. The van der Waals surface area contributed by atoms with Gasteiger partial charge in [-0.15, -0.1) is 0 Å². The third-order valence-corrected chi connectivity index (χ3v) is 3.88. The Hall–Kier alpha value is -0.810. The van der Waals surface area contributed by atoms with Gasteiger partial charge in [-0.1, -0.05) is 0 Å². The molecular formula is C13H25N3O2. The van der Waals surface area contributed by atoms with Crippen LogP contribution in [0.1, 0.15) is 25.7 Å². The SMILES string of the molecule is CNCCC1CCCCN1C(=O)N1CCOCC1. The summed E-state index contributed by atoms with van der Waals surface area (Å²) in [4.78, 5) is 16.5. The topological polar surface area (TPSA) is 44.8 Å². The Morgan fingerprint density at radius 1 is 1.28 bits per heavy atom. The molecular weight excluding hydrogens is 230 g/mol. The molecule has 2 aliphatic heterocycles. The molecule has 0 bridgehead atoms. The number of carbonyl (C=O) groups is 1. The van der Waals surface area contributed by atoms with Crippen LogP contribution in [0.4, 0.5) is 4.79 Å². The largest absolute Gasteiger partial charge is 0.378 e. The van der Waals surface area contributed by atoms with Crippen LogP contribution >= 0.6 is 0 Å². The standard InChI is InChI=1S/C13H25N3O2/c1-14-6-5-12-4-2-3-7-16(12)13(17)15-8-10-18-11-9-15/h12,14H,2-11H2,1H3. The minimum absolute atomic E-state index is 0.221. The van der Waals surface area contributed by atoms with Gasteiger partial charge in [0, 0.05) is 25.7 Å². The van der Waals surface area contributed by atoms with E-state index in [0.29, 0.717) is 19.3 Å². The van der Waals surface area contributed by atoms with Crippen LogP contribution in [0.3, 0.4) is 0 Å². The van der Waals surface area contributed by atoms with E-state index >= 15 is 0 Å². The summed E-state index contributed by atoms with van der Waals surface area (Å²) in [7, 11) is 1.97. The molecule has 1 N–H and O–H groups in total. The molecule has 2 fully saturated rings. The second-order valence-electron chi connectivity index (χ2n) is 5.12. The average Bonchev–Trinajstić information content (AvgIpc) is 2.45. The van der Waals surface area contributed by atoms with E-state index in [0.717, 1.165) is 45.4 Å². The van der Waals surface area contributed by atoms with Crippen LogP contribution in [0, 0.1) is 0 Å². The van der Waals surface area contributed by atoms with Crippen molar-refractivity contribution in [3.05, 3.63) is 0 Å². The van der Waals surface area contributed by atoms with E-state index in [4.69, 9.17) is 4.74 Å². The number of nitrogens with zero attached hydrogens (tertiary/aromatic N) is 2. The zero-order valence-electron chi connectivity index (χ0n) is 11.4. The van der Waals surface area contributed by atoms with E-state index in [1.54, 1.807) is 0 Å². The Kier molecular flexibility index (Phi) is 5.26. The maximum Gasteiger partial charge on any atom is 0.320 e. The number of piperidine rings is 1. The lowest BCUT2D eigenvalue weighted by atomic mass is 9.99. The molecule has 2 saturated heterocycles. The van der Waals surface area contributed by atoms with Gasteiger partial charge in [-0.2, -0.15) is 0 Å². The first-order chi connectivity index (χ1) is 8.83. The van der Waals surface area contributed by atoms with Gasteiger partial charge in [0.1, 0.15) is 0 Å². The highest BCUT2D eigenvalue weighted by Gasteiger charge is 2.30. The Morgan fingerprint density at radius 3 is 2.78 bits per heavy atom. The van der Waals surface area contributed by atoms with Crippen LogP contribution in [-0.4, -0.2) is 68.3 Å². The molecule has 0 aromatic rings. The van der Waals surface area contributed by atoms with Gasteiger partial charge in [0.15, 0.2) is 0 Å². The van der Waals surface area contributed by atoms with Crippen molar-refractivity contribution in [3.8, 4) is 0 Å². The Morgan fingerprint density at radius 2 is 2.06 bits per heavy atom. The van der Waals surface area contributed by atoms with Gasteiger partial charge in [0.25, 0.3) is 0 Å². The van der Waals surface area contributed by atoms with Crippen molar-refractivity contribution in [2.75, 3.05) is 46.4 Å². The number of amides is 2. The Balaban J connectivity index is 1.91. The van der Waals surface area contributed by atoms with Crippen molar-refractivity contribution < 1.29 is 9.53 Å². The van der Waals surface area contributed by atoms with E-state index < -0.39 is 0 Å². The van der Waals surface area contributed by atoms with Crippen LogP contribution in [0.25, 0.3) is 0 Å². The van der Waals surface area contributed by atoms with Gasteiger partial charge in [0.2, 0.25) is 0 Å². The molecule has 2 heterocycles. The first-order valence-corrected chi connectivity index (χ1v) is 7.11. The van der Waals surface area contributed by atoms with Gasteiger partial charge < -0.3 is 19.9 Å². The lowest BCUT2D eigenvalue weighted by Crippen LogP contribution is -2.53. The number of ether oxygens (including phenoxy) is 1. The van der Waals surface area contributed by atoms with Crippen molar-refractivity contribution in [1.82, 2.24) is 15.1 Å². The summed E-state index contributed by atoms with van der Waals surface area (Å²) in [5.74, 6) is 0. The van der Waals surface area contributed by atoms with Gasteiger partial charge >= 0.3 is 6.03 Å². The molecule has 5 heteroatoms. The fraction of sp³-hybridized carbons (Fsp3) is 0.923. The minimum Gasteiger partial charge on any atom is -0.378 e. The molecule has 2 aliphatic rings. The Labute approximate surface area is 109 Å². The third kappa shape index (κ3) is 3.36. The highest BCUT2D eigenvalue weighted by molar-refractivity contribution is 5.75. The Bertz CT molecular complexity index is 267. The van der Waals surface area contributed by atoms with Gasteiger partial charge in [-0.05, 0) is 39.3 Å². The number of hydrogen-bond donors (Lipinski definition) is 1. The first-order valence-electron chi connectivity index (χ1n) is 7.11.